The number of nitrogens with two attached hydrogens (primary N) is 1. The molecule has 4 rings (SSSR count). The van der Waals surface area contributed by atoms with Gasteiger partial charge in [-0.15, -0.1) is 13.2 Å². The van der Waals surface area contributed by atoms with E-state index in [1.165, 1.54) is 37.6 Å². The normalized spacial score (nSPS) is 17.1. The SMILES string of the molecule is C/C=C(/c1cc(F)c(C(=O)Nc2ccnc(C(N)=O)c2)c(Oc2ccc(OC(F)(F)F)cc2OC)c1)C1CCC(C)C1. The van der Waals surface area contributed by atoms with Gasteiger partial charge in [-0.25, -0.2) is 4.39 Å². The van der Waals surface area contributed by atoms with Crippen LogP contribution in [0.3, 0.4) is 0 Å². The van der Waals surface area contributed by atoms with Gasteiger partial charge in [0.2, 0.25) is 0 Å². The van der Waals surface area contributed by atoms with Gasteiger partial charge < -0.3 is 25.3 Å². The van der Waals surface area contributed by atoms with Crippen molar-refractivity contribution in [2.75, 3.05) is 12.4 Å². The van der Waals surface area contributed by atoms with Gasteiger partial charge in [0.1, 0.15) is 28.6 Å². The third kappa shape index (κ3) is 7.17. The number of halogens is 4. The minimum Gasteiger partial charge on any atom is -0.493 e. The monoisotopic (exact) mass is 587 g/mol. The molecule has 1 aromatic heterocycles. The Morgan fingerprint density at radius 2 is 1.83 bits per heavy atom. The van der Waals surface area contributed by atoms with Gasteiger partial charge in [-0.05, 0) is 79.1 Å². The van der Waals surface area contributed by atoms with Gasteiger partial charge in [0.25, 0.3) is 11.8 Å². The Morgan fingerprint density at radius 1 is 1.07 bits per heavy atom. The second-order valence-corrected chi connectivity index (χ2v) is 9.90. The number of nitrogens with one attached hydrogen (secondary N) is 1. The van der Waals surface area contributed by atoms with Crippen molar-refractivity contribution in [2.24, 2.45) is 17.6 Å². The van der Waals surface area contributed by atoms with Crippen LogP contribution >= 0.6 is 0 Å². The first-order chi connectivity index (χ1) is 19.9. The average molecular weight is 588 g/mol. The molecule has 0 saturated heterocycles. The summed E-state index contributed by atoms with van der Waals surface area (Å²) in [5.74, 6) is -2.96. The molecule has 3 N–H and O–H groups in total. The number of carbonyl (C=O) groups excluding carboxylic acids is 2. The number of benzene rings is 2. The third-order valence-corrected chi connectivity index (χ3v) is 6.92. The Bertz CT molecular complexity index is 1520. The Balaban J connectivity index is 1.77. The van der Waals surface area contributed by atoms with E-state index in [2.05, 4.69) is 22.0 Å². The van der Waals surface area contributed by atoms with Crippen molar-refractivity contribution in [2.45, 2.75) is 39.5 Å². The van der Waals surface area contributed by atoms with E-state index in [-0.39, 0.29) is 34.5 Å². The van der Waals surface area contributed by atoms with Crippen molar-refractivity contribution in [3.05, 3.63) is 77.4 Å². The lowest BCUT2D eigenvalue weighted by molar-refractivity contribution is -0.274. The minimum absolute atomic E-state index is 0.0888. The van der Waals surface area contributed by atoms with Crippen molar-refractivity contribution in [3.63, 3.8) is 0 Å². The van der Waals surface area contributed by atoms with E-state index in [4.69, 9.17) is 15.2 Å². The Morgan fingerprint density at radius 3 is 2.45 bits per heavy atom. The molecule has 0 bridgehead atoms. The lowest BCUT2D eigenvalue weighted by Crippen LogP contribution is -2.18. The van der Waals surface area contributed by atoms with E-state index >= 15 is 4.39 Å². The molecule has 0 aliphatic heterocycles. The number of aromatic nitrogens is 1. The number of nitrogens with zero attached hydrogens (tertiary/aromatic N) is 1. The Hall–Kier alpha value is -4.61. The summed E-state index contributed by atoms with van der Waals surface area (Å²) in [5.41, 5.74) is 6.17. The molecule has 2 unspecified atom stereocenters. The van der Waals surface area contributed by atoms with Crippen molar-refractivity contribution >= 4 is 23.1 Å². The number of carbonyl (C=O) groups is 2. The van der Waals surface area contributed by atoms with Gasteiger partial charge in [0.05, 0.1) is 7.11 Å². The summed E-state index contributed by atoms with van der Waals surface area (Å²) >= 11 is 0. The molecular formula is C30H29F4N3O5. The van der Waals surface area contributed by atoms with E-state index in [0.29, 0.717) is 11.5 Å². The molecule has 0 radical (unpaired) electrons. The Kier molecular flexibility index (Phi) is 9.03. The van der Waals surface area contributed by atoms with Gasteiger partial charge in [-0.1, -0.05) is 19.4 Å². The van der Waals surface area contributed by atoms with Crippen LogP contribution < -0.4 is 25.3 Å². The summed E-state index contributed by atoms with van der Waals surface area (Å²) in [6, 6.07) is 8.50. The first kappa shape index (κ1) is 30.4. The summed E-state index contributed by atoms with van der Waals surface area (Å²) in [5, 5.41) is 2.51. The standard InChI is InChI=1S/C30H29F4N3O5/c1-4-21(17-6-5-16(2)11-17)18-12-22(31)27(29(39)37-19-9-10-36-23(14-19)28(35)38)26(13-18)41-24-8-7-20(15-25(24)40-3)42-30(32,33)34/h4,7-10,12-17H,5-6,11H2,1-3H3,(H2,35,38)(H,36,37,39)/b21-4+. The molecule has 1 aliphatic rings. The average Bonchev–Trinajstić information content (AvgIpc) is 3.34. The maximum Gasteiger partial charge on any atom is 0.573 e. The van der Waals surface area contributed by atoms with Crippen LogP contribution in [0.2, 0.25) is 0 Å². The molecule has 8 nitrogen and oxygen atoms in total. The molecule has 222 valence electrons. The van der Waals surface area contributed by atoms with Crippen molar-refractivity contribution in [3.8, 4) is 23.0 Å². The molecule has 3 aromatic rings. The van der Waals surface area contributed by atoms with Crippen LogP contribution in [0.25, 0.3) is 5.57 Å². The topological polar surface area (TPSA) is 113 Å². The second kappa shape index (κ2) is 12.5. The molecule has 42 heavy (non-hydrogen) atoms. The fourth-order valence-electron chi connectivity index (χ4n) is 5.06. The number of hydrogen-bond donors (Lipinski definition) is 2. The number of amides is 2. The number of alkyl halides is 3. The van der Waals surface area contributed by atoms with Crippen LogP contribution in [-0.2, 0) is 0 Å². The lowest BCUT2D eigenvalue weighted by atomic mass is 9.89. The number of methoxy groups -OCH3 is 1. The predicted octanol–water partition coefficient (Wildman–Crippen LogP) is 7.11. The van der Waals surface area contributed by atoms with E-state index in [0.717, 1.165) is 43.0 Å². The van der Waals surface area contributed by atoms with E-state index in [1.54, 1.807) is 0 Å². The number of allylic oxidation sites excluding steroid dienone is 2. The van der Waals surface area contributed by atoms with Crippen LogP contribution in [0.5, 0.6) is 23.0 Å². The maximum absolute atomic E-state index is 15.8. The maximum atomic E-state index is 15.8. The molecule has 1 saturated carbocycles. The van der Waals surface area contributed by atoms with Crippen LogP contribution in [-0.4, -0.2) is 30.3 Å². The lowest BCUT2D eigenvalue weighted by Gasteiger charge is -2.20. The quantitative estimate of drug-likeness (QED) is 0.258. The fourth-order valence-corrected chi connectivity index (χ4v) is 5.06. The number of anilines is 1. The van der Waals surface area contributed by atoms with Gasteiger partial charge in [0.15, 0.2) is 11.5 Å². The molecule has 1 aliphatic carbocycles. The first-order valence-corrected chi connectivity index (χ1v) is 13.1. The van der Waals surface area contributed by atoms with Crippen molar-refractivity contribution < 1.29 is 41.4 Å². The molecule has 2 aromatic carbocycles. The summed E-state index contributed by atoms with van der Waals surface area (Å²) < 4.78 is 69.2. The Labute approximate surface area is 239 Å². The predicted molar refractivity (Wildman–Crippen MR) is 147 cm³/mol. The summed E-state index contributed by atoms with van der Waals surface area (Å²) in [4.78, 5) is 28.7. The molecule has 1 fully saturated rings. The zero-order valence-corrected chi connectivity index (χ0v) is 23.0. The highest BCUT2D eigenvalue weighted by Crippen LogP contribution is 2.43. The van der Waals surface area contributed by atoms with Crippen LogP contribution in [0, 0.1) is 17.7 Å². The van der Waals surface area contributed by atoms with Crippen LogP contribution in [0.1, 0.15) is 59.5 Å². The number of hydrogen-bond acceptors (Lipinski definition) is 6. The molecule has 1 heterocycles. The summed E-state index contributed by atoms with van der Waals surface area (Å²) in [6.07, 6.45) is 1.07. The zero-order chi connectivity index (χ0) is 30.6. The van der Waals surface area contributed by atoms with Gasteiger partial charge in [-0.2, -0.15) is 0 Å². The minimum atomic E-state index is -4.93. The third-order valence-electron chi connectivity index (χ3n) is 6.92. The van der Waals surface area contributed by atoms with Gasteiger partial charge in [0, 0.05) is 18.0 Å². The molecule has 2 atom stereocenters. The molecule has 2 amide bonds. The molecule has 0 spiro atoms. The zero-order valence-electron chi connectivity index (χ0n) is 23.0. The molecular weight excluding hydrogens is 558 g/mol. The number of rotatable bonds is 9. The van der Waals surface area contributed by atoms with Crippen molar-refractivity contribution in [1.29, 1.82) is 0 Å². The van der Waals surface area contributed by atoms with Crippen LogP contribution in [0.15, 0.2) is 54.7 Å². The fraction of sp³-hybridized carbons (Fsp3) is 0.300. The number of primary amides is 1. The first-order valence-electron chi connectivity index (χ1n) is 13.1. The largest absolute Gasteiger partial charge is 0.573 e. The smallest absolute Gasteiger partial charge is 0.493 e. The number of ether oxygens (including phenoxy) is 3. The summed E-state index contributed by atoms with van der Waals surface area (Å²) in [7, 11) is 1.21. The number of pyridine rings is 1. The van der Waals surface area contributed by atoms with Crippen molar-refractivity contribution in [1.82, 2.24) is 4.98 Å². The van der Waals surface area contributed by atoms with Gasteiger partial charge in [-0.3, -0.25) is 14.6 Å². The highest BCUT2D eigenvalue weighted by molar-refractivity contribution is 6.07. The van der Waals surface area contributed by atoms with E-state index < -0.39 is 35.3 Å². The highest BCUT2D eigenvalue weighted by atomic mass is 19.4. The van der Waals surface area contributed by atoms with E-state index in [9.17, 15) is 22.8 Å². The molecule has 12 heteroatoms. The summed E-state index contributed by atoms with van der Waals surface area (Å²) in [6.45, 7) is 4.00. The highest BCUT2D eigenvalue weighted by Gasteiger charge is 2.32. The van der Waals surface area contributed by atoms with Crippen LogP contribution in [0.4, 0.5) is 23.2 Å². The van der Waals surface area contributed by atoms with Gasteiger partial charge >= 0.3 is 6.36 Å². The van der Waals surface area contributed by atoms with E-state index in [1.807, 2.05) is 13.0 Å². The second-order valence-electron chi connectivity index (χ2n) is 9.90.